The van der Waals surface area contributed by atoms with Crippen LogP contribution in [0.3, 0.4) is 0 Å². The molecule has 6 heteroatoms. The van der Waals surface area contributed by atoms with Gasteiger partial charge in [-0.3, -0.25) is 9.69 Å². The smallest absolute Gasteiger partial charge is 0.252 e. The van der Waals surface area contributed by atoms with Crippen LogP contribution in [0.1, 0.15) is 20.8 Å². The van der Waals surface area contributed by atoms with Gasteiger partial charge in [0.2, 0.25) is 5.91 Å². The number of nitrogens with zero attached hydrogens (tertiary/aromatic N) is 2. The number of amides is 1. The van der Waals surface area contributed by atoms with Crippen molar-refractivity contribution in [2.75, 3.05) is 39.4 Å². The molecule has 2 saturated heterocycles. The molecule has 0 aliphatic carbocycles. The van der Waals surface area contributed by atoms with E-state index in [4.69, 9.17) is 4.74 Å². The Balaban J connectivity index is 2.01. The summed E-state index contributed by atoms with van der Waals surface area (Å²) in [5.41, 5.74) is -1.60. The monoisotopic (exact) mass is 290 g/mol. The van der Waals surface area contributed by atoms with Crippen molar-refractivity contribution in [3.63, 3.8) is 0 Å². The van der Waals surface area contributed by atoms with Gasteiger partial charge in [-0.05, 0) is 19.8 Å². The molecule has 2 rings (SSSR count). The van der Waals surface area contributed by atoms with Gasteiger partial charge in [0.15, 0.2) is 0 Å². The number of hydrogen-bond acceptors (Lipinski definition) is 3. The van der Waals surface area contributed by atoms with Gasteiger partial charge in [0, 0.05) is 32.2 Å². The first-order valence-electron chi connectivity index (χ1n) is 7.23. The summed E-state index contributed by atoms with van der Waals surface area (Å²) in [7, 11) is 0. The van der Waals surface area contributed by atoms with E-state index in [-0.39, 0.29) is 6.04 Å². The van der Waals surface area contributed by atoms with E-state index in [1.807, 2.05) is 0 Å². The SMILES string of the molecule is C[C@@H]1CN(C(=O)C(C)(C)C(F)F)C[C@H]1N1CCOCC1. The van der Waals surface area contributed by atoms with Crippen molar-refractivity contribution in [2.24, 2.45) is 11.3 Å². The van der Waals surface area contributed by atoms with Crippen molar-refractivity contribution in [1.82, 2.24) is 9.80 Å². The van der Waals surface area contributed by atoms with Crippen molar-refractivity contribution in [2.45, 2.75) is 33.2 Å². The number of alkyl halides is 2. The van der Waals surface area contributed by atoms with E-state index < -0.39 is 17.7 Å². The van der Waals surface area contributed by atoms with Crippen LogP contribution < -0.4 is 0 Å². The van der Waals surface area contributed by atoms with Crippen molar-refractivity contribution in [3.05, 3.63) is 0 Å². The molecule has 0 radical (unpaired) electrons. The maximum absolute atomic E-state index is 13.0. The lowest BCUT2D eigenvalue weighted by atomic mass is 9.92. The first-order valence-corrected chi connectivity index (χ1v) is 7.23. The molecule has 1 amide bonds. The Morgan fingerprint density at radius 3 is 2.40 bits per heavy atom. The number of rotatable bonds is 3. The minimum atomic E-state index is -2.63. The highest BCUT2D eigenvalue weighted by Crippen LogP contribution is 2.31. The molecule has 2 aliphatic heterocycles. The topological polar surface area (TPSA) is 32.8 Å². The van der Waals surface area contributed by atoms with Crippen molar-refractivity contribution >= 4 is 5.91 Å². The van der Waals surface area contributed by atoms with Gasteiger partial charge in [-0.15, -0.1) is 0 Å². The molecule has 0 aromatic carbocycles. The molecule has 4 nitrogen and oxygen atoms in total. The maximum Gasteiger partial charge on any atom is 0.252 e. The zero-order valence-electron chi connectivity index (χ0n) is 12.4. The highest BCUT2D eigenvalue weighted by Gasteiger charge is 2.45. The van der Waals surface area contributed by atoms with Gasteiger partial charge in [-0.25, -0.2) is 8.78 Å². The lowest BCUT2D eigenvalue weighted by Gasteiger charge is -2.34. The van der Waals surface area contributed by atoms with Gasteiger partial charge in [0.05, 0.1) is 13.2 Å². The van der Waals surface area contributed by atoms with Crippen molar-refractivity contribution < 1.29 is 18.3 Å². The predicted molar refractivity (Wildman–Crippen MR) is 71.7 cm³/mol. The van der Waals surface area contributed by atoms with Gasteiger partial charge >= 0.3 is 0 Å². The van der Waals surface area contributed by atoms with Gasteiger partial charge in [0.1, 0.15) is 5.41 Å². The van der Waals surface area contributed by atoms with E-state index in [0.29, 0.717) is 32.2 Å². The van der Waals surface area contributed by atoms with Gasteiger partial charge in [0.25, 0.3) is 6.43 Å². The maximum atomic E-state index is 13.0. The lowest BCUT2D eigenvalue weighted by molar-refractivity contribution is -0.148. The molecule has 2 heterocycles. The van der Waals surface area contributed by atoms with Gasteiger partial charge < -0.3 is 9.64 Å². The minimum Gasteiger partial charge on any atom is -0.379 e. The van der Waals surface area contributed by atoms with E-state index in [2.05, 4.69) is 11.8 Å². The second-order valence-electron chi connectivity index (χ2n) is 6.43. The van der Waals surface area contributed by atoms with E-state index in [9.17, 15) is 13.6 Å². The van der Waals surface area contributed by atoms with Crippen molar-refractivity contribution in [3.8, 4) is 0 Å². The molecule has 2 aliphatic rings. The second kappa shape index (κ2) is 5.93. The lowest BCUT2D eigenvalue weighted by Crippen LogP contribution is -2.48. The molecule has 0 bridgehead atoms. The number of carbonyl (C=O) groups excluding carboxylic acids is 1. The molecule has 0 spiro atoms. The Hall–Kier alpha value is -0.750. The van der Waals surface area contributed by atoms with E-state index in [1.54, 1.807) is 4.90 Å². The Labute approximate surface area is 119 Å². The summed E-state index contributed by atoms with van der Waals surface area (Å²) in [6.07, 6.45) is -2.63. The second-order valence-corrected chi connectivity index (χ2v) is 6.43. The summed E-state index contributed by atoms with van der Waals surface area (Å²) in [6, 6.07) is 0.260. The van der Waals surface area contributed by atoms with E-state index in [0.717, 1.165) is 13.1 Å². The summed E-state index contributed by atoms with van der Waals surface area (Å²) >= 11 is 0. The third-order valence-electron chi connectivity index (χ3n) is 4.47. The van der Waals surface area contributed by atoms with Crippen LogP contribution in [0, 0.1) is 11.3 Å². The molecule has 2 fully saturated rings. The number of morpholine rings is 1. The molecule has 116 valence electrons. The number of likely N-dealkylation sites (tertiary alicyclic amines) is 1. The van der Waals surface area contributed by atoms with Gasteiger partial charge in [-0.2, -0.15) is 0 Å². The minimum absolute atomic E-state index is 0.260. The Kier molecular flexibility index (Phi) is 4.64. The summed E-state index contributed by atoms with van der Waals surface area (Å²) in [4.78, 5) is 16.2. The summed E-state index contributed by atoms with van der Waals surface area (Å²) in [5.74, 6) is -0.124. The van der Waals surface area contributed by atoms with Gasteiger partial charge in [-0.1, -0.05) is 6.92 Å². The molecular formula is C14H24F2N2O2. The highest BCUT2D eigenvalue weighted by atomic mass is 19.3. The molecule has 0 saturated carbocycles. The van der Waals surface area contributed by atoms with Crippen molar-refractivity contribution in [1.29, 1.82) is 0 Å². The third-order valence-corrected chi connectivity index (χ3v) is 4.47. The first-order chi connectivity index (χ1) is 9.34. The fraction of sp³-hybridized carbons (Fsp3) is 0.929. The molecular weight excluding hydrogens is 266 g/mol. The fourth-order valence-corrected chi connectivity index (χ4v) is 3.00. The van der Waals surface area contributed by atoms with E-state index >= 15 is 0 Å². The van der Waals surface area contributed by atoms with Crippen LogP contribution in [0.2, 0.25) is 0 Å². The molecule has 0 unspecified atom stereocenters. The standard InChI is InChI=1S/C14H24F2N2O2/c1-10-8-18(13(19)14(2,3)12(15)16)9-11(10)17-4-6-20-7-5-17/h10-12H,4-9H2,1-3H3/t10-,11-/m1/s1. The molecule has 0 aromatic heterocycles. The fourth-order valence-electron chi connectivity index (χ4n) is 3.00. The van der Waals surface area contributed by atoms with E-state index in [1.165, 1.54) is 13.8 Å². The number of ether oxygens (including phenoxy) is 1. The first kappa shape index (κ1) is 15.6. The average molecular weight is 290 g/mol. The third kappa shape index (κ3) is 2.96. The Bertz CT molecular complexity index is 357. The molecule has 20 heavy (non-hydrogen) atoms. The summed E-state index contributed by atoms with van der Waals surface area (Å²) in [6.45, 7) is 8.99. The normalized spacial score (nSPS) is 29.2. The summed E-state index contributed by atoms with van der Waals surface area (Å²) in [5, 5.41) is 0. The van der Waals surface area contributed by atoms with Crippen LogP contribution in [0.25, 0.3) is 0 Å². The Morgan fingerprint density at radius 2 is 1.85 bits per heavy atom. The number of halogens is 2. The predicted octanol–water partition coefficient (Wildman–Crippen LogP) is 1.46. The molecule has 2 atom stereocenters. The van der Waals surface area contributed by atoms with Crippen LogP contribution in [-0.4, -0.2) is 67.6 Å². The average Bonchev–Trinajstić information content (AvgIpc) is 2.80. The largest absolute Gasteiger partial charge is 0.379 e. The molecule has 0 aromatic rings. The number of carbonyl (C=O) groups is 1. The zero-order valence-corrected chi connectivity index (χ0v) is 12.4. The van der Waals surface area contributed by atoms with Crippen LogP contribution in [0.15, 0.2) is 0 Å². The highest BCUT2D eigenvalue weighted by molar-refractivity contribution is 5.82. The zero-order chi connectivity index (χ0) is 14.9. The Morgan fingerprint density at radius 1 is 1.25 bits per heavy atom. The quantitative estimate of drug-likeness (QED) is 0.789. The molecule has 0 N–H and O–H groups in total. The van der Waals surface area contributed by atoms with Crippen LogP contribution in [0.5, 0.6) is 0 Å². The van der Waals surface area contributed by atoms with Crippen LogP contribution in [0.4, 0.5) is 8.78 Å². The van der Waals surface area contributed by atoms with Crippen LogP contribution >= 0.6 is 0 Å². The van der Waals surface area contributed by atoms with Crippen LogP contribution in [-0.2, 0) is 9.53 Å². The number of hydrogen-bond donors (Lipinski definition) is 0. The summed E-state index contributed by atoms with van der Waals surface area (Å²) < 4.78 is 31.3.